The van der Waals surface area contributed by atoms with Gasteiger partial charge in [0.25, 0.3) is 0 Å². The van der Waals surface area contributed by atoms with Gasteiger partial charge >= 0.3 is 0 Å². The van der Waals surface area contributed by atoms with E-state index >= 15 is 0 Å². The topological polar surface area (TPSA) is 35.5 Å². The van der Waals surface area contributed by atoms with Crippen LogP contribution in [0.1, 0.15) is 65.7 Å². The summed E-state index contributed by atoms with van der Waals surface area (Å²) in [5, 5.41) is 0. The van der Waals surface area contributed by atoms with Gasteiger partial charge in [0.15, 0.2) is 14.1 Å². The Labute approximate surface area is 205 Å². The van der Waals surface area contributed by atoms with Gasteiger partial charge in [-0.05, 0) is 126 Å². The Balaban J connectivity index is 1.69. The molecule has 0 N–H and O–H groups in total. The maximum atomic E-state index is 13.3. The zero-order valence-corrected chi connectivity index (χ0v) is 24.7. The van der Waals surface area contributed by atoms with Crippen LogP contribution in [0.2, 0.25) is 39.3 Å². The quantitative estimate of drug-likeness (QED) is 0.359. The predicted molar refractivity (Wildman–Crippen MR) is 142 cm³/mol. The van der Waals surface area contributed by atoms with E-state index < -0.39 is 22.2 Å². The molecule has 0 saturated heterocycles. The number of hydrogen-bond donors (Lipinski definition) is 0. The molecule has 0 heterocycles. The Bertz CT molecular complexity index is 848. The molecule has 2 fully saturated rings. The molecule has 0 aliphatic heterocycles. The summed E-state index contributed by atoms with van der Waals surface area (Å²) in [5.41, 5.74) is 0.955. The molecule has 3 nitrogen and oxygen atoms in total. The smallest absolute Gasteiger partial charge is 0.241 e. The van der Waals surface area contributed by atoms with E-state index in [0.29, 0.717) is 23.7 Å². The van der Waals surface area contributed by atoms with Crippen molar-refractivity contribution in [3.8, 4) is 0 Å². The summed E-state index contributed by atoms with van der Waals surface area (Å²) >= 11 is 0. The van der Waals surface area contributed by atoms with Crippen LogP contribution in [0.25, 0.3) is 0 Å². The van der Waals surface area contributed by atoms with Crippen molar-refractivity contribution in [2.75, 3.05) is 0 Å². The Morgan fingerprint density at radius 1 is 1.06 bits per heavy atom. The van der Waals surface area contributed by atoms with Crippen LogP contribution in [0, 0.1) is 35.0 Å². The fraction of sp³-hybridized carbons (Fsp3) is 0.821. The first-order valence-electron chi connectivity index (χ1n) is 13.5. The van der Waals surface area contributed by atoms with Gasteiger partial charge in [-0.25, -0.2) is 0 Å². The molecular formula is C28H48O3Si2. The van der Waals surface area contributed by atoms with E-state index in [1.807, 2.05) is 6.92 Å². The van der Waals surface area contributed by atoms with Gasteiger partial charge < -0.3 is 8.85 Å². The lowest BCUT2D eigenvalue weighted by Gasteiger charge is -2.58. The summed E-state index contributed by atoms with van der Waals surface area (Å²) in [6, 6.07) is 0. The highest BCUT2D eigenvalue weighted by molar-refractivity contribution is 6.70. The monoisotopic (exact) mass is 488 g/mol. The highest BCUT2D eigenvalue weighted by Gasteiger charge is 2.66. The van der Waals surface area contributed by atoms with E-state index in [-0.39, 0.29) is 11.2 Å². The maximum Gasteiger partial charge on any atom is 0.241 e. The van der Waals surface area contributed by atoms with E-state index in [9.17, 15) is 4.79 Å². The van der Waals surface area contributed by atoms with Crippen molar-refractivity contribution in [3.63, 3.8) is 0 Å². The standard InChI is InChI=1S/C28H48O3Si2/c1-10-20-17-21-18-22(30-32(4,5)6)11-12-23(21)24-13-15-27(3)25(26(20)24)14-16-28(27,19(2)29)31-33(7,8)9/h17-18,20,23-26H,10-16H2,1-9H3/t20-,23+,24-,25+,26-,27+,28-/m1/s1. The van der Waals surface area contributed by atoms with Crippen molar-refractivity contribution in [3.05, 3.63) is 23.5 Å². The first-order valence-corrected chi connectivity index (χ1v) is 20.3. The van der Waals surface area contributed by atoms with Crippen molar-refractivity contribution in [1.29, 1.82) is 0 Å². The first kappa shape index (κ1) is 25.4. The molecule has 0 unspecified atom stereocenters. The number of ketones is 1. The molecule has 0 bridgehead atoms. The second-order valence-corrected chi connectivity index (χ2v) is 22.5. The molecule has 5 heteroatoms. The number of carbonyl (C=O) groups excluding carboxylic acids is 1. The van der Waals surface area contributed by atoms with Crippen LogP contribution in [0.3, 0.4) is 0 Å². The van der Waals surface area contributed by atoms with Gasteiger partial charge in [0.2, 0.25) is 8.32 Å². The van der Waals surface area contributed by atoms with Gasteiger partial charge in [-0.15, -0.1) is 0 Å². The van der Waals surface area contributed by atoms with Gasteiger partial charge in [0.1, 0.15) is 5.60 Å². The van der Waals surface area contributed by atoms with E-state index in [1.165, 1.54) is 25.0 Å². The molecule has 33 heavy (non-hydrogen) atoms. The van der Waals surface area contributed by atoms with Gasteiger partial charge in [0, 0.05) is 11.8 Å². The lowest BCUT2D eigenvalue weighted by Crippen LogP contribution is -2.60. The molecule has 0 aromatic heterocycles. The number of fused-ring (bicyclic) bond motifs is 5. The lowest BCUT2D eigenvalue weighted by atomic mass is 9.49. The number of hydrogen-bond acceptors (Lipinski definition) is 3. The minimum Gasteiger partial charge on any atom is -0.547 e. The molecule has 0 aromatic rings. The number of carbonyl (C=O) groups is 1. The lowest BCUT2D eigenvalue weighted by molar-refractivity contribution is -0.154. The van der Waals surface area contributed by atoms with Crippen LogP contribution in [-0.2, 0) is 13.6 Å². The maximum absolute atomic E-state index is 13.3. The van der Waals surface area contributed by atoms with E-state index in [2.05, 4.69) is 65.3 Å². The third-order valence-electron chi connectivity index (χ3n) is 9.34. The normalized spacial score (nSPS) is 40.8. The average molecular weight is 489 g/mol. The number of rotatable bonds is 6. The van der Waals surface area contributed by atoms with Crippen molar-refractivity contribution in [1.82, 2.24) is 0 Å². The van der Waals surface area contributed by atoms with Gasteiger partial charge in [-0.3, -0.25) is 4.79 Å². The summed E-state index contributed by atoms with van der Waals surface area (Å²) in [5.74, 6) is 4.79. The summed E-state index contributed by atoms with van der Waals surface area (Å²) in [6.07, 6.45) is 13.0. The minimum absolute atomic E-state index is 0.0321. The van der Waals surface area contributed by atoms with Crippen molar-refractivity contribution in [2.24, 2.45) is 35.0 Å². The first-order chi connectivity index (χ1) is 15.2. The summed E-state index contributed by atoms with van der Waals surface area (Å²) in [7, 11) is -3.43. The Kier molecular flexibility index (Phi) is 6.54. The molecule has 0 amide bonds. The predicted octanol–water partition coefficient (Wildman–Crippen LogP) is 7.72. The molecule has 0 aromatic carbocycles. The molecule has 2 saturated carbocycles. The molecule has 7 atom stereocenters. The zero-order chi connectivity index (χ0) is 24.4. The minimum atomic E-state index is -1.86. The molecule has 0 radical (unpaired) electrons. The summed E-state index contributed by atoms with van der Waals surface area (Å²) in [6.45, 7) is 20.2. The molecule has 4 aliphatic rings. The fourth-order valence-electron chi connectivity index (χ4n) is 8.33. The van der Waals surface area contributed by atoms with Crippen molar-refractivity contribution >= 4 is 22.4 Å². The average Bonchev–Trinajstić information content (AvgIpc) is 2.97. The number of Topliss-reactive ketones (excluding diaryl/α,β-unsaturated/α-hetero) is 1. The van der Waals surface area contributed by atoms with Crippen molar-refractivity contribution < 1.29 is 13.6 Å². The SMILES string of the molecule is CC[C@@H]1C=C2C=C(O[Si](C)(C)C)CC[C@@H]2[C@H]2CC[C@@]3(C)[C@@H](CC[C@@]3(O[Si](C)(C)C)C(C)=O)[C@@H]21. The summed E-state index contributed by atoms with van der Waals surface area (Å²) < 4.78 is 13.3. The molecule has 0 spiro atoms. The largest absolute Gasteiger partial charge is 0.547 e. The molecule has 186 valence electrons. The van der Waals surface area contributed by atoms with E-state index in [4.69, 9.17) is 8.85 Å². The van der Waals surface area contributed by atoms with Gasteiger partial charge in [-0.1, -0.05) is 19.9 Å². The van der Waals surface area contributed by atoms with E-state index in [1.54, 1.807) is 5.57 Å². The molecule has 4 rings (SSSR count). The van der Waals surface area contributed by atoms with Gasteiger partial charge in [-0.2, -0.15) is 0 Å². The Morgan fingerprint density at radius 2 is 1.76 bits per heavy atom. The van der Waals surface area contributed by atoms with E-state index in [0.717, 1.165) is 31.6 Å². The highest BCUT2D eigenvalue weighted by Crippen LogP contribution is 2.67. The third-order valence-corrected chi connectivity index (χ3v) is 11.2. The Hall–Kier alpha value is -0.656. The molecular weight excluding hydrogens is 440 g/mol. The van der Waals surface area contributed by atoms with Crippen LogP contribution < -0.4 is 0 Å². The van der Waals surface area contributed by atoms with Crippen LogP contribution >= 0.6 is 0 Å². The number of allylic oxidation sites excluding steroid dienone is 4. The van der Waals surface area contributed by atoms with Crippen LogP contribution in [-0.4, -0.2) is 28.0 Å². The molecule has 4 aliphatic carbocycles. The third kappa shape index (κ3) is 4.40. The second-order valence-electron chi connectivity index (χ2n) is 13.6. The fourth-order valence-corrected chi connectivity index (χ4v) is 10.8. The highest BCUT2D eigenvalue weighted by atomic mass is 28.4. The van der Waals surface area contributed by atoms with Gasteiger partial charge in [0.05, 0.1) is 5.76 Å². The second kappa shape index (κ2) is 8.48. The van der Waals surface area contributed by atoms with Crippen LogP contribution in [0.15, 0.2) is 23.5 Å². The van der Waals surface area contributed by atoms with Crippen molar-refractivity contribution in [2.45, 2.75) is 111 Å². The van der Waals surface area contributed by atoms with Crippen LogP contribution in [0.5, 0.6) is 0 Å². The summed E-state index contributed by atoms with van der Waals surface area (Å²) in [4.78, 5) is 13.3. The Morgan fingerprint density at radius 3 is 2.33 bits per heavy atom. The zero-order valence-electron chi connectivity index (χ0n) is 22.7. The van der Waals surface area contributed by atoms with Crippen LogP contribution in [0.4, 0.5) is 0 Å².